The molecule has 0 amide bonds. The minimum Gasteiger partial charge on any atom is -0.330 e. The van der Waals surface area contributed by atoms with Crippen LogP contribution in [0.2, 0.25) is 0 Å². The van der Waals surface area contributed by atoms with E-state index in [0.717, 1.165) is 31.5 Å². The Bertz CT molecular complexity index is 497. The van der Waals surface area contributed by atoms with Crippen LogP contribution in [0.5, 0.6) is 0 Å². The molecule has 0 saturated carbocycles. The summed E-state index contributed by atoms with van der Waals surface area (Å²) < 4.78 is 0. The van der Waals surface area contributed by atoms with Gasteiger partial charge in [-0.2, -0.15) is 0 Å². The molecule has 1 heterocycles. The molecule has 0 radical (unpaired) electrons. The second kappa shape index (κ2) is 6.12. The largest absolute Gasteiger partial charge is 0.330 e. The standard InChI is InChI=1S/C15H20N2S/c1-11-7-12(2)9-13(8-11)14-10-18-15(17-14)5-3-4-6-16/h7-10H,3-6,16H2,1-2H3. The molecule has 0 bridgehead atoms. The topological polar surface area (TPSA) is 38.9 Å². The van der Waals surface area contributed by atoms with Gasteiger partial charge in [0.05, 0.1) is 10.7 Å². The van der Waals surface area contributed by atoms with E-state index in [4.69, 9.17) is 10.7 Å². The quantitative estimate of drug-likeness (QED) is 0.832. The third kappa shape index (κ3) is 3.40. The van der Waals surface area contributed by atoms with E-state index >= 15 is 0 Å². The Hall–Kier alpha value is -1.19. The minimum absolute atomic E-state index is 0.773. The highest BCUT2D eigenvalue weighted by atomic mass is 32.1. The number of thiazole rings is 1. The number of hydrogen-bond acceptors (Lipinski definition) is 3. The van der Waals surface area contributed by atoms with E-state index in [1.165, 1.54) is 21.7 Å². The molecule has 0 aliphatic rings. The number of rotatable bonds is 5. The molecule has 96 valence electrons. The molecule has 0 fully saturated rings. The molecule has 0 atom stereocenters. The van der Waals surface area contributed by atoms with Crippen molar-refractivity contribution in [2.45, 2.75) is 33.1 Å². The molecule has 2 nitrogen and oxygen atoms in total. The van der Waals surface area contributed by atoms with Crippen LogP contribution in [0.4, 0.5) is 0 Å². The fourth-order valence-electron chi connectivity index (χ4n) is 2.10. The maximum absolute atomic E-state index is 5.51. The SMILES string of the molecule is Cc1cc(C)cc(-c2csc(CCCCN)n2)c1. The number of aromatic nitrogens is 1. The van der Waals surface area contributed by atoms with Gasteiger partial charge in [-0.25, -0.2) is 4.98 Å². The van der Waals surface area contributed by atoms with Gasteiger partial charge < -0.3 is 5.73 Å². The van der Waals surface area contributed by atoms with Crippen molar-refractivity contribution < 1.29 is 0 Å². The van der Waals surface area contributed by atoms with Crippen LogP contribution in [0.25, 0.3) is 11.3 Å². The number of hydrogen-bond donors (Lipinski definition) is 1. The summed E-state index contributed by atoms with van der Waals surface area (Å²) in [7, 11) is 0. The van der Waals surface area contributed by atoms with E-state index < -0.39 is 0 Å². The first-order chi connectivity index (χ1) is 8.69. The van der Waals surface area contributed by atoms with Crippen molar-refractivity contribution in [3.63, 3.8) is 0 Å². The molecule has 2 rings (SSSR count). The number of nitrogens with two attached hydrogens (primary N) is 1. The number of unbranched alkanes of at least 4 members (excludes halogenated alkanes) is 1. The van der Waals surface area contributed by atoms with Gasteiger partial charge in [0.15, 0.2) is 0 Å². The molecule has 2 N–H and O–H groups in total. The number of benzene rings is 1. The van der Waals surface area contributed by atoms with E-state index in [9.17, 15) is 0 Å². The highest BCUT2D eigenvalue weighted by Gasteiger charge is 2.05. The van der Waals surface area contributed by atoms with Crippen molar-refractivity contribution >= 4 is 11.3 Å². The van der Waals surface area contributed by atoms with E-state index in [0.29, 0.717) is 0 Å². The van der Waals surface area contributed by atoms with Crippen LogP contribution in [0.1, 0.15) is 29.0 Å². The van der Waals surface area contributed by atoms with Gasteiger partial charge in [0.1, 0.15) is 0 Å². The van der Waals surface area contributed by atoms with Crippen LogP contribution in [-0.4, -0.2) is 11.5 Å². The summed E-state index contributed by atoms with van der Waals surface area (Å²) in [6.45, 7) is 5.03. The van der Waals surface area contributed by atoms with Crippen LogP contribution in [-0.2, 0) is 6.42 Å². The summed E-state index contributed by atoms with van der Waals surface area (Å²) in [5.74, 6) is 0. The summed E-state index contributed by atoms with van der Waals surface area (Å²) >= 11 is 1.75. The first kappa shape index (κ1) is 13.2. The van der Waals surface area contributed by atoms with Crippen LogP contribution >= 0.6 is 11.3 Å². The lowest BCUT2D eigenvalue weighted by molar-refractivity contribution is 0.742. The molecule has 18 heavy (non-hydrogen) atoms. The number of aryl methyl sites for hydroxylation is 3. The fraction of sp³-hybridized carbons (Fsp3) is 0.400. The third-order valence-corrected chi connectivity index (χ3v) is 3.82. The molecule has 3 heteroatoms. The Morgan fingerprint density at radius 2 is 1.83 bits per heavy atom. The first-order valence-electron chi connectivity index (χ1n) is 6.42. The molecule has 2 aromatic rings. The van der Waals surface area contributed by atoms with Crippen LogP contribution in [0, 0.1) is 13.8 Å². The average molecular weight is 260 g/mol. The van der Waals surface area contributed by atoms with Crippen molar-refractivity contribution in [1.82, 2.24) is 4.98 Å². The van der Waals surface area contributed by atoms with Gasteiger partial charge in [0, 0.05) is 10.9 Å². The Morgan fingerprint density at radius 1 is 1.11 bits per heavy atom. The third-order valence-electron chi connectivity index (χ3n) is 2.91. The first-order valence-corrected chi connectivity index (χ1v) is 7.30. The zero-order valence-corrected chi connectivity index (χ0v) is 11.9. The van der Waals surface area contributed by atoms with E-state index in [1.54, 1.807) is 11.3 Å². The molecule has 0 spiro atoms. The van der Waals surface area contributed by atoms with E-state index in [2.05, 4.69) is 37.4 Å². The maximum atomic E-state index is 5.51. The Labute approximate surface area is 113 Å². The van der Waals surface area contributed by atoms with Gasteiger partial charge in [-0.15, -0.1) is 11.3 Å². The smallest absolute Gasteiger partial charge is 0.0932 e. The van der Waals surface area contributed by atoms with Crippen LogP contribution in [0.3, 0.4) is 0 Å². The predicted molar refractivity (Wildman–Crippen MR) is 79.0 cm³/mol. The summed E-state index contributed by atoms with van der Waals surface area (Å²) in [5, 5.41) is 3.38. The molecule has 1 aromatic carbocycles. The highest BCUT2D eigenvalue weighted by Crippen LogP contribution is 2.24. The second-order valence-electron chi connectivity index (χ2n) is 4.75. The van der Waals surface area contributed by atoms with Crippen LogP contribution in [0.15, 0.2) is 23.6 Å². The molecule has 0 saturated heterocycles. The van der Waals surface area contributed by atoms with Crippen molar-refractivity contribution in [2.75, 3.05) is 6.54 Å². The Balaban J connectivity index is 2.13. The van der Waals surface area contributed by atoms with Gasteiger partial charge in [-0.05, 0) is 51.8 Å². The van der Waals surface area contributed by atoms with Gasteiger partial charge in [0.25, 0.3) is 0 Å². The van der Waals surface area contributed by atoms with E-state index in [1.807, 2.05) is 0 Å². The van der Waals surface area contributed by atoms with Gasteiger partial charge in [-0.1, -0.05) is 17.2 Å². The molecule has 1 aromatic heterocycles. The molecule has 0 unspecified atom stereocenters. The monoisotopic (exact) mass is 260 g/mol. The minimum atomic E-state index is 0.773. The molecular weight excluding hydrogens is 240 g/mol. The lowest BCUT2D eigenvalue weighted by Crippen LogP contribution is -1.98. The van der Waals surface area contributed by atoms with Crippen molar-refractivity contribution in [3.05, 3.63) is 39.7 Å². The fourth-order valence-corrected chi connectivity index (χ4v) is 2.95. The summed E-state index contributed by atoms with van der Waals surface area (Å²) in [5.41, 5.74) is 10.4. The number of nitrogens with zero attached hydrogens (tertiary/aromatic N) is 1. The van der Waals surface area contributed by atoms with Gasteiger partial charge in [0.2, 0.25) is 0 Å². The predicted octanol–water partition coefficient (Wildman–Crippen LogP) is 3.71. The Kier molecular flexibility index (Phi) is 4.50. The molecule has 0 aliphatic carbocycles. The zero-order valence-electron chi connectivity index (χ0n) is 11.1. The molecular formula is C15H20N2S. The second-order valence-corrected chi connectivity index (χ2v) is 5.69. The summed E-state index contributed by atoms with van der Waals surface area (Å²) in [6, 6.07) is 6.59. The summed E-state index contributed by atoms with van der Waals surface area (Å²) in [6.07, 6.45) is 3.27. The zero-order chi connectivity index (χ0) is 13.0. The molecule has 0 aliphatic heterocycles. The van der Waals surface area contributed by atoms with Gasteiger partial charge in [-0.3, -0.25) is 0 Å². The van der Waals surface area contributed by atoms with E-state index in [-0.39, 0.29) is 0 Å². The van der Waals surface area contributed by atoms with Gasteiger partial charge >= 0.3 is 0 Å². The maximum Gasteiger partial charge on any atom is 0.0932 e. The lowest BCUT2D eigenvalue weighted by atomic mass is 10.1. The van der Waals surface area contributed by atoms with Crippen LogP contribution < -0.4 is 5.73 Å². The van der Waals surface area contributed by atoms with Crippen molar-refractivity contribution in [1.29, 1.82) is 0 Å². The average Bonchev–Trinajstić information content (AvgIpc) is 2.77. The normalized spacial score (nSPS) is 10.8. The van der Waals surface area contributed by atoms with Crippen molar-refractivity contribution in [3.8, 4) is 11.3 Å². The van der Waals surface area contributed by atoms with Crippen molar-refractivity contribution in [2.24, 2.45) is 5.73 Å². The summed E-state index contributed by atoms with van der Waals surface area (Å²) in [4.78, 5) is 4.71. The lowest BCUT2D eigenvalue weighted by Gasteiger charge is -2.01. The Morgan fingerprint density at radius 3 is 2.50 bits per heavy atom. The highest BCUT2D eigenvalue weighted by molar-refractivity contribution is 7.09.